The highest BCUT2D eigenvalue weighted by molar-refractivity contribution is 7.89. The third-order valence-electron chi connectivity index (χ3n) is 6.81. The maximum Gasteiger partial charge on any atom is 0.451 e. The summed E-state index contributed by atoms with van der Waals surface area (Å²) in [6.45, 7) is 5.87. The lowest BCUT2D eigenvalue weighted by Gasteiger charge is -2.65. The van der Waals surface area contributed by atoms with Crippen LogP contribution in [0.1, 0.15) is 31.3 Å². The molecule has 3 aliphatic heterocycles. The molecule has 1 aromatic rings. The van der Waals surface area contributed by atoms with E-state index in [1.807, 2.05) is 0 Å². The Morgan fingerprint density at radius 2 is 1.83 bits per heavy atom. The van der Waals surface area contributed by atoms with E-state index in [4.69, 9.17) is 4.74 Å². The number of halogens is 3. The molecule has 29 heavy (non-hydrogen) atoms. The largest absolute Gasteiger partial charge is 0.451 e. The fraction of sp³-hybridized carbons (Fsp3) is 0.778. The lowest BCUT2D eigenvalue weighted by molar-refractivity contribution is -0.211. The zero-order valence-corrected chi connectivity index (χ0v) is 16.9. The van der Waals surface area contributed by atoms with Crippen molar-refractivity contribution < 1.29 is 26.3 Å². The van der Waals surface area contributed by atoms with Crippen molar-refractivity contribution in [3.05, 3.63) is 17.7 Å². The van der Waals surface area contributed by atoms with Crippen LogP contribution >= 0.6 is 0 Å². The third-order valence-corrected chi connectivity index (χ3v) is 8.64. The molecule has 0 radical (unpaired) electrons. The van der Waals surface area contributed by atoms with Crippen LogP contribution in [-0.4, -0.2) is 73.0 Å². The van der Waals surface area contributed by atoms with E-state index < -0.39 is 22.0 Å². The van der Waals surface area contributed by atoms with E-state index in [1.165, 1.54) is 4.31 Å². The van der Waals surface area contributed by atoms with Crippen LogP contribution in [0.3, 0.4) is 0 Å². The Kier molecular flexibility index (Phi) is 4.14. The zero-order valence-electron chi connectivity index (χ0n) is 16.1. The fourth-order valence-electron chi connectivity index (χ4n) is 5.12. The minimum atomic E-state index is -4.70. The molecule has 1 saturated carbocycles. The highest BCUT2D eigenvalue weighted by atomic mass is 32.2. The van der Waals surface area contributed by atoms with Crippen molar-refractivity contribution in [1.82, 2.24) is 19.2 Å². The fourth-order valence-corrected chi connectivity index (χ4v) is 6.96. The van der Waals surface area contributed by atoms with Gasteiger partial charge in [-0.15, -0.1) is 0 Å². The summed E-state index contributed by atoms with van der Waals surface area (Å²) in [6.07, 6.45) is -1.49. The predicted molar refractivity (Wildman–Crippen MR) is 95.5 cm³/mol. The molecule has 1 aromatic heterocycles. The summed E-state index contributed by atoms with van der Waals surface area (Å²) in [5.41, 5.74) is 0.290. The number of nitrogens with zero attached hydrogens (tertiary/aromatic N) is 4. The second kappa shape index (κ2) is 6.12. The van der Waals surface area contributed by atoms with Crippen molar-refractivity contribution in [2.24, 2.45) is 10.8 Å². The van der Waals surface area contributed by atoms with Crippen molar-refractivity contribution in [3.8, 4) is 0 Å². The van der Waals surface area contributed by atoms with E-state index in [2.05, 4.69) is 14.9 Å². The molecule has 0 atom stereocenters. The van der Waals surface area contributed by atoms with Gasteiger partial charge in [-0.25, -0.2) is 18.4 Å². The molecule has 0 bridgehead atoms. The standard InChI is InChI=1S/C18H23F3N4O3S/c1-2-13-14(5-22-15(23-13)18(19,20)21)29(26,27)25-8-17(9-25)6-24(7-17)12-3-16(4-12)10-28-11-16/h5,12H,2-4,6-11H2,1H3. The maximum atomic E-state index is 12.9. The summed E-state index contributed by atoms with van der Waals surface area (Å²) >= 11 is 0. The molecule has 0 unspecified atom stereocenters. The van der Waals surface area contributed by atoms with Crippen LogP contribution in [-0.2, 0) is 27.4 Å². The summed E-state index contributed by atoms with van der Waals surface area (Å²) in [5, 5.41) is 0. The molecule has 0 aromatic carbocycles. The number of ether oxygens (including phenoxy) is 1. The molecule has 2 spiro atoms. The number of aryl methyl sites for hydroxylation is 1. The zero-order chi connectivity index (χ0) is 20.7. The van der Waals surface area contributed by atoms with Gasteiger partial charge in [0.05, 0.1) is 25.1 Å². The Labute approximate surface area is 167 Å². The number of aromatic nitrogens is 2. The van der Waals surface area contributed by atoms with Crippen LogP contribution in [0.4, 0.5) is 13.2 Å². The quantitative estimate of drug-likeness (QED) is 0.719. The SMILES string of the molecule is CCc1nc(C(F)(F)F)ncc1S(=O)(=O)N1CC2(CN(C3CC4(COC4)C3)C2)C1. The molecular formula is C18H23F3N4O3S. The van der Waals surface area contributed by atoms with Crippen molar-refractivity contribution >= 4 is 10.0 Å². The molecule has 4 heterocycles. The van der Waals surface area contributed by atoms with Gasteiger partial charge in [0.15, 0.2) is 0 Å². The first-order chi connectivity index (χ1) is 13.6. The van der Waals surface area contributed by atoms with Gasteiger partial charge in [-0.1, -0.05) is 6.92 Å². The van der Waals surface area contributed by atoms with Crippen molar-refractivity contribution in [2.45, 2.75) is 43.3 Å². The van der Waals surface area contributed by atoms with E-state index >= 15 is 0 Å². The molecule has 11 heteroatoms. The Bertz CT molecular complexity index is 926. The van der Waals surface area contributed by atoms with Crippen molar-refractivity contribution in [3.63, 3.8) is 0 Å². The Balaban J connectivity index is 1.23. The van der Waals surface area contributed by atoms with Crippen LogP contribution in [0.2, 0.25) is 0 Å². The molecule has 3 saturated heterocycles. The minimum absolute atomic E-state index is 0.0227. The average molecular weight is 432 g/mol. The van der Waals surface area contributed by atoms with Gasteiger partial charge in [0, 0.05) is 43.1 Å². The number of hydrogen-bond donors (Lipinski definition) is 0. The number of rotatable bonds is 4. The molecule has 4 aliphatic rings. The lowest BCUT2D eigenvalue weighted by Crippen LogP contribution is -2.76. The van der Waals surface area contributed by atoms with Crippen molar-refractivity contribution in [2.75, 3.05) is 39.4 Å². The second-order valence-corrected chi connectivity index (χ2v) is 11.0. The van der Waals surface area contributed by atoms with E-state index in [1.54, 1.807) is 6.92 Å². The summed E-state index contributed by atoms with van der Waals surface area (Å²) in [4.78, 5) is 8.92. The molecule has 1 aliphatic carbocycles. The number of hydrogen-bond acceptors (Lipinski definition) is 6. The highest BCUT2D eigenvalue weighted by Crippen LogP contribution is 2.53. The molecule has 7 nitrogen and oxygen atoms in total. The minimum Gasteiger partial charge on any atom is -0.380 e. The van der Waals surface area contributed by atoms with Gasteiger partial charge in [0.1, 0.15) is 4.90 Å². The van der Waals surface area contributed by atoms with Crippen LogP contribution in [0, 0.1) is 10.8 Å². The normalized spacial score (nSPS) is 26.6. The predicted octanol–water partition coefficient (Wildman–Crippen LogP) is 1.54. The molecule has 4 fully saturated rings. The first-order valence-electron chi connectivity index (χ1n) is 9.81. The summed E-state index contributed by atoms with van der Waals surface area (Å²) in [7, 11) is -3.89. The highest BCUT2D eigenvalue weighted by Gasteiger charge is 2.60. The van der Waals surface area contributed by atoms with Gasteiger partial charge in [-0.3, -0.25) is 4.90 Å². The molecule has 160 valence electrons. The Morgan fingerprint density at radius 3 is 2.34 bits per heavy atom. The summed E-state index contributed by atoms with van der Waals surface area (Å²) in [5.74, 6) is -1.31. The van der Waals surface area contributed by atoms with Gasteiger partial charge in [-0.05, 0) is 19.3 Å². The number of alkyl halides is 3. The summed E-state index contributed by atoms with van der Waals surface area (Å²) < 4.78 is 71.0. The number of sulfonamides is 1. The third kappa shape index (κ3) is 3.00. The van der Waals surface area contributed by atoms with Crippen LogP contribution in [0.15, 0.2) is 11.1 Å². The van der Waals surface area contributed by atoms with E-state index in [0.717, 1.165) is 45.3 Å². The van der Waals surface area contributed by atoms with E-state index in [0.29, 0.717) is 24.5 Å². The number of likely N-dealkylation sites (tertiary alicyclic amines) is 1. The smallest absolute Gasteiger partial charge is 0.380 e. The van der Waals surface area contributed by atoms with Crippen LogP contribution in [0.5, 0.6) is 0 Å². The van der Waals surface area contributed by atoms with E-state index in [-0.39, 0.29) is 22.4 Å². The first kappa shape index (κ1) is 19.7. The van der Waals surface area contributed by atoms with Gasteiger partial charge >= 0.3 is 6.18 Å². The summed E-state index contributed by atoms with van der Waals surface area (Å²) in [6, 6.07) is 0.574. The van der Waals surface area contributed by atoms with Crippen LogP contribution < -0.4 is 0 Å². The molecule has 5 rings (SSSR count). The van der Waals surface area contributed by atoms with Crippen molar-refractivity contribution in [1.29, 1.82) is 0 Å². The van der Waals surface area contributed by atoms with Gasteiger partial charge < -0.3 is 4.74 Å². The Hall–Kier alpha value is -1.30. The Morgan fingerprint density at radius 1 is 1.17 bits per heavy atom. The maximum absolute atomic E-state index is 12.9. The van der Waals surface area contributed by atoms with E-state index in [9.17, 15) is 21.6 Å². The molecular weight excluding hydrogens is 409 g/mol. The topological polar surface area (TPSA) is 75.6 Å². The van der Waals surface area contributed by atoms with Gasteiger partial charge in [0.25, 0.3) is 0 Å². The first-order valence-corrected chi connectivity index (χ1v) is 11.3. The van der Waals surface area contributed by atoms with Crippen LogP contribution in [0.25, 0.3) is 0 Å². The lowest BCUT2D eigenvalue weighted by atomic mass is 9.61. The molecule has 0 amide bonds. The van der Waals surface area contributed by atoms with Gasteiger partial charge in [0.2, 0.25) is 15.8 Å². The molecule has 0 N–H and O–H groups in total. The average Bonchev–Trinajstić information content (AvgIpc) is 2.50. The second-order valence-electron chi connectivity index (χ2n) is 9.09. The van der Waals surface area contributed by atoms with Gasteiger partial charge in [-0.2, -0.15) is 17.5 Å². The monoisotopic (exact) mass is 432 g/mol.